The number of carbonyl (C=O) groups excluding carboxylic acids is 1. The Morgan fingerprint density at radius 3 is 2.55 bits per heavy atom. The number of amides is 1. The molecule has 1 amide bonds. The number of nitrogens with one attached hydrogen (secondary N) is 2. The van der Waals surface area contributed by atoms with E-state index in [4.69, 9.17) is 0 Å². The Labute approximate surface area is 122 Å². The average molecular weight is 277 g/mol. The minimum absolute atomic E-state index is 0.0184. The van der Waals surface area contributed by atoms with Gasteiger partial charge < -0.3 is 10.6 Å². The molecule has 0 aromatic carbocycles. The lowest BCUT2D eigenvalue weighted by atomic mass is 10.0. The first-order chi connectivity index (χ1) is 9.71. The van der Waals surface area contributed by atoms with E-state index >= 15 is 0 Å². The zero-order chi connectivity index (χ0) is 14.8. The van der Waals surface area contributed by atoms with Crippen LogP contribution in [0.4, 0.5) is 5.82 Å². The lowest BCUT2D eigenvalue weighted by Crippen LogP contribution is -2.34. The second-order valence-corrected chi connectivity index (χ2v) is 5.06. The van der Waals surface area contributed by atoms with Crippen LogP contribution >= 0.6 is 0 Å². The molecule has 0 radical (unpaired) electrons. The van der Waals surface area contributed by atoms with Gasteiger partial charge in [0, 0.05) is 18.8 Å². The number of hydrogen-bond acceptors (Lipinski definition) is 3. The Morgan fingerprint density at radius 2 is 2.00 bits per heavy atom. The first kappa shape index (κ1) is 16.5. The molecule has 0 aliphatic carbocycles. The van der Waals surface area contributed by atoms with E-state index in [1.807, 2.05) is 19.1 Å². The lowest BCUT2D eigenvalue weighted by molar-refractivity contribution is 0.0932. The number of hydrogen-bond donors (Lipinski definition) is 2. The van der Waals surface area contributed by atoms with Gasteiger partial charge in [0.15, 0.2) is 0 Å². The molecule has 0 aliphatic heterocycles. The molecule has 4 heteroatoms. The van der Waals surface area contributed by atoms with Gasteiger partial charge in [0.05, 0.1) is 5.56 Å². The van der Waals surface area contributed by atoms with Crippen molar-refractivity contribution in [3.63, 3.8) is 0 Å². The molecular formula is C16H27N3O. The van der Waals surface area contributed by atoms with Crippen molar-refractivity contribution in [1.82, 2.24) is 10.3 Å². The van der Waals surface area contributed by atoms with Crippen LogP contribution in [0.2, 0.25) is 0 Å². The quantitative estimate of drug-likeness (QED) is 0.725. The van der Waals surface area contributed by atoms with E-state index in [2.05, 4.69) is 29.5 Å². The Hall–Kier alpha value is -1.58. The number of carbonyl (C=O) groups is 1. The fourth-order valence-electron chi connectivity index (χ4n) is 2.17. The molecule has 0 saturated heterocycles. The zero-order valence-electron chi connectivity index (χ0n) is 12.9. The van der Waals surface area contributed by atoms with Crippen molar-refractivity contribution in [3.05, 3.63) is 23.9 Å². The normalized spacial score (nSPS) is 11.9. The van der Waals surface area contributed by atoms with Crippen LogP contribution in [0.5, 0.6) is 0 Å². The van der Waals surface area contributed by atoms with Gasteiger partial charge in [-0.2, -0.15) is 0 Å². The molecule has 1 rings (SSSR count). The van der Waals surface area contributed by atoms with Gasteiger partial charge in [0.2, 0.25) is 0 Å². The summed E-state index contributed by atoms with van der Waals surface area (Å²) in [6.45, 7) is 7.17. The molecule has 0 bridgehead atoms. The van der Waals surface area contributed by atoms with E-state index in [0.29, 0.717) is 5.56 Å². The van der Waals surface area contributed by atoms with Gasteiger partial charge in [-0.1, -0.05) is 33.1 Å². The summed E-state index contributed by atoms with van der Waals surface area (Å²) in [6.07, 6.45) is 7.13. The van der Waals surface area contributed by atoms with Crippen LogP contribution < -0.4 is 10.6 Å². The maximum absolute atomic E-state index is 12.2. The standard InChI is InChI=1S/C16H27N3O/c1-4-7-9-14(8-5-2)19-16(20)13-10-11-15(17-6-3)18-12-13/h10-12,14H,4-9H2,1-3H3,(H,17,18)(H,19,20). The van der Waals surface area contributed by atoms with Gasteiger partial charge in [-0.15, -0.1) is 0 Å². The van der Waals surface area contributed by atoms with Crippen molar-refractivity contribution in [2.45, 2.75) is 58.9 Å². The summed E-state index contributed by atoms with van der Waals surface area (Å²) in [5.74, 6) is 0.787. The summed E-state index contributed by atoms with van der Waals surface area (Å²) < 4.78 is 0. The fraction of sp³-hybridized carbons (Fsp3) is 0.625. The van der Waals surface area contributed by atoms with Crippen LogP contribution in [0, 0.1) is 0 Å². The summed E-state index contributed by atoms with van der Waals surface area (Å²) >= 11 is 0. The Morgan fingerprint density at radius 1 is 1.20 bits per heavy atom. The maximum atomic E-state index is 12.2. The fourth-order valence-corrected chi connectivity index (χ4v) is 2.17. The van der Waals surface area contributed by atoms with Crippen LogP contribution in [0.1, 0.15) is 63.2 Å². The molecule has 4 nitrogen and oxygen atoms in total. The largest absolute Gasteiger partial charge is 0.370 e. The molecule has 1 unspecified atom stereocenters. The molecule has 1 aromatic rings. The molecule has 20 heavy (non-hydrogen) atoms. The number of nitrogens with zero attached hydrogens (tertiary/aromatic N) is 1. The van der Waals surface area contributed by atoms with Crippen LogP contribution in [-0.4, -0.2) is 23.5 Å². The second kappa shape index (κ2) is 9.34. The number of anilines is 1. The first-order valence-corrected chi connectivity index (χ1v) is 7.72. The van der Waals surface area contributed by atoms with Crippen molar-refractivity contribution in [3.8, 4) is 0 Å². The molecule has 0 fully saturated rings. The monoisotopic (exact) mass is 277 g/mol. The minimum Gasteiger partial charge on any atom is -0.370 e. The van der Waals surface area contributed by atoms with E-state index in [-0.39, 0.29) is 11.9 Å². The minimum atomic E-state index is -0.0184. The summed E-state index contributed by atoms with van der Waals surface area (Å²) in [6, 6.07) is 3.95. The number of rotatable bonds is 9. The molecule has 1 heterocycles. The molecule has 1 atom stereocenters. The van der Waals surface area contributed by atoms with Gasteiger partial charge in [-0.3, -0.25) is 4.79 Å². The molecule has 112 valence electrons. The number of pyridine rings is 1. The van der Waals surface area contributed by atoms with Crippen LogP contribution in [0.3, 0.4) is 0 Å². The Balaban J connectivity index is 2.58. The van der Waals surface area contributed by atoms with Crippen LogP contribution in [0.25, 0.3) is 0 Å². The number of aromatic nitrogens is 1. The van der Waals surface area contributed by atoms with Gasteiger partial charge in [-0.25, -0.2) is 4.98 Å². The van der Waals surface area contributed by atoms with E-state index in [0.717, 1.165) is 44.5 Å². The third-order valence-corrected chi connectivity index (χ3v) is 3.26. The van der Waals surface area contributed by atoms with E-state index in [1.54, 1.807) is 6.20 Å². The van der Waals surface area contributed by atoms with Crippen molar-refractivity contribution >= 4 is 11.7 Å². The van der Waals surface area contributed by atoms with Gasteiger partial charge in [-0.05, 0) is 31.9 Å². The second-order valence-electron chi connectivity index (χ2n) is 5.06. The van der Waals surface area contributed by atoms with Crippen molar-refractivity contribution in [1.29, 1.82) is 0 Å². The predicted octanol–water partition coefficient (Wildman–Crippen LogP) is 3.60. The molecule has 1 aromatic heterocycles. The van der Waals surface area contributed by atoms with Crippen molar-refractivity contribution < 1.29 is 4.79 Å². The van der Waals surface area contributed by atoms with E-state index in [1.165, 1.54) is 0 Å². The van der Waals surface area contributed by atoms with Crippen LogP contribution in [-0.2, 0) is 0 Å². The molecule has 0 saturated carbocycles. The number of unbranched alkanes of at least 4 members (excludes halogenated alkanes) is 1. The highest BCUT2D eigenvalue weighted by Gasteiger charge is 2.13. The molecule has 2 N–H and O–H groups in total. The highest BCUT2D eigenvalue weighted by Crippen LogP contribution is 2.09. The zero-order valence-corrected chi connectivity index (χ0v) is 12.9. The van der Waals surface area contributed by atoms with Crippen molar-refractivity contribution in [2.75, 3.05) is 11.9 Å². The molecule has 0 spiro atoms. The maximum Gasteiger partial charge on any atom is 0.253 e. The first-order valence-electron chi connectivity index (χ1n) is 7.72. The predicted molar refractivity (Wildman–Crippen MR) is 84.1 cm³/mol. The molecule has 0 aliphatic rings. The summed E-state index contributed by atoms with van der Waals surface area (Å²) in [4.78, 5) is 16.4. The summed E-state index contributed by atoms with van der Waals surface area (Å²) in [5, 5.41) is 6.24. The molecular weight excluding hydrogens is 250 g/mol. The average Bonchev–Trinajstić information content (AvgIpc) is 2.46. The lowest BCUT2D eigenvalue weighted by Gasteiger charge is -2.17. The highest BCUT2D eigenvalue weighted by molar-refractivity contribution is 5.94. The Kier molecular flexibility index (Phi) is 7.70. The Bertz CT molecular complexity index is 389. The third kappa shape index (κ3) is 5.59. The SMILES string of the molecule is CCCCC(CCC)NC(=O)c1ccc(NCC)nc1. The van der Waals surface area contributed by atoms with Gasteiger partial charge in [0.25, 0.3) is 5.91 Å². The van der Waals surface area contributed by atoms with E-state index < -0.39 is 0 Å². The summed E-state index contributed by atoms with van der Waals surface area (Å²) in [5.41, 5.74) is 0.629. The highest BCUT2D eigenvalue weighted by atomic mass is 16.1. The van der Waals surface area contributed by atoms with Gasteiger partial charge in [0.1, 0.15) is 5.82 Å². The topological polar surface area (TPSA) is 54.0 Å². The van der Waals surface area contributed by atoms with E-state index in [9.17, 15) is 4.79 Å². The summed E-state index contributed by atoms with van der Waals surface area (Å²) in [7, 11) is 0. The van der Waals surface area contributed by atoms with Crippen LogP contribution in [0.15, 0.2) is 18.3 Å². The van der Waals surface area contributed by atoms with Gasteiger partial charge >= 0.3 is 0 Å². The van der Waals surface area contributed by atoms with Crippen molar-refractivity contribution in [2.24, 2.45) is 0 Å². The smallest absolute Gasteiger partial charge is 0.253 e. The third-order valence-electron chi connectivity index (χ3n) is 3.26.